The number of carbonyl (C=O) groups excluding carboxylic acids is 1. The quantitative estimate of drug-likeness (QED) is 0.753. The van der Waals surface area contributed by atoms with Gasteiger partial charge in [0.25, 0.3) is 0 Å². The molecular weight excluding hydrogens is 332 g/mol. The Bertz CT molecular complexity index is 803. The Morgan fingerprint density at radius 1 is 1.23 bits per heavy atom. The van der Waals surface area contributed by atoms with Crippen LogP contribution in [0.15, 0.2) is 34.5 Å². The molecule has 26 heavy (non-hydrogen) atoms. The minimum atomic E-state index is -0.587. The van der Waals surface area contributed by atoms with Crippen LogP contribution in [0.5, 0.6) is 11.5 Å². The zero-order chi connectivity index (χ0) is 19.4. The number of hydrogen-bond acceptors (Lipinski definition) is 6. The normalized spacial score (nSPS) is 19.7. The van der Waals surface area contributed by atoms with E-state index in [0.29, 0.717) is 28.5 Å². The van der Waals surface area contributed by atoms with E-state index in [1.807, 2.05) is 6.07 Å². The summed E-state index contributed by atoms with van der Waals surface area (Å²) < 4.78 is 16.2. The predicted octanol–water partition coefficient (Wildman–Crippen LogP) is 3.63. The van der Waals surface area contributed by atoms with Crippen LogP contribution in [0.1, 0.15) is 39.2 Å². The lowest BCUT2D eigenvalue weighted by Gasteiger charge is -2.30. The number of aliphatic imine (C=N–C) groups is 1. The highest BCUT2D eigenvalue weighted by Crippen LogP contribution is 2.43. The van der Waals surface area contributed by atoms with E-state index < -0.39 is 17.8 Å². The van der Waals surface area contributed by atoms with Crippen LogP contribution in [0.3, 0.4) is 0 Å². The Hall–Kier alpha value is -2.81. The maximum atomic E-state index is 12.8. The third-order valence-electron chi connectivity index (χ3n) is 4.31. The molecule has 0 aromatic heterocycles. The molecule has 0 radical (unpaired) electrons. The van der Waals surface area contributed by atoms with Gasteiger partial charge < -0.3 is 14.2 Å². The number of nitriles is 1. The van der Waals surface area contributed by atoms with Crippen molar-refractivity contribution >= 4 is 11.7 Å². The number of carbonyl (C=O) groups is 1. The molecule has 1 aromatic carbocycles. The Morgan fingerprint density at radius 2 is 1.92 bits per heavy atom. The van der Waals surface area contributed by atoms with Crippen LogP contribution >= 0.6 is 0 Å². The number of hydrogen-bond donors (Lipinski definition) is 0. The van der Waals surface area contributed by atoms with Crippen molar-refractivity contribution in [1.29, 1.82) is 5.26 Å². The van der Waals surface area contributed by atoms with Gasteiger partial charge in [-0.1, -0.05) is 6.07 Å². The van der Waals surface area contributed by atoms with Gasteiger partial charge in [0.15, 0.2) is 0 Å². The molecular formula is C20H24N2O4. The molecule has 0 N–H and O–H groups in total. The second-order valence-corrected chi connectivity index (χ2v) is 6.40. The Labute approximate surface area is 154 Å². The summed E-state index contributed by atoms with van der Waals surface area (Å²) >= 11 is 0. The van der Waals surface area contributed by atoms with Crippen molar-refractivity contribution in [1.82, 2.24) is 0 Å². The monoisotopic (exact) mass is 356 g/mol. The fourth-order valence-corrected chi connectivity index (χ4v) is 3.16. The molecule has 138 valence electrons. The number of rotatable bonds is 5. The van der Waals surface area contributed by atoms with Crippen LogP contribution < -0.4 is 9.47 Å². The topological polar surface area (TPSA) is 80.9 Å². The van der Waals surface area contributed by atoms with Crippen molar-refractivity contribution in [2.45, 2.75) is 39.7 Å². The van der Waals surface area contributed by atoms with E-state index in [0.717, 1.165) is 5.56 Å². The molecule has 1 aromatic rings. The van der Waals surface area contributed by atoms with E-state index in [9.17, 15) is 10.1 Å². The summed E-state index contributed by atoms with van der Waals surface area (Å²) in [4.78, 5) is 17.2. The number of ether oxygens (including phenoxy) is 3. The van der Waals surface area contributed by atoms with Gasteiger partial charge in [-0.2, -0.15) is 5.26 Å². The molecule has 1 aliphatic rings. The molecule has 0 fully saturated rings. The van der Waals surface area contributed by atoms with Gasteiger partial charge >= 0.3 is 5.97 Å². The van der Waals surface area contributed by atoms with Crippen LogP contribution in [-0.4, -0.2) is 32.0 Å². The molecule has 0 saturated heterocycles. The molecule has 1 heterocycles. The lowest BCUT2D eigenvalue weighted by molar-refractivity contribution is -0.143. The minimum Gasteiger partial charge on any atom is -0.497 e. The minimum absolute atomic E-state index is 0.270. The first kappa shape index (κ1) is 19.5. The van der Waals surface area contributed by atoms with Crippen LogP contribution in [0.4, 0.5) is 0 Å². The maximum absolute atomic E-state index is 12.8. The highest BCUT2D eigenvalue weighted by molar-refractivity contribution is 5.98. The lowest BCUT2D eigenvalue weighted by Crippen LogP contribution is -2.30. The third kappa shape index (κ3) is 3.72. The van der Waals surface area contributed by atoms with E-state index in [4.69, 9.17) is 14.2 Å². The number of benzene rings is 1. The number of esters is 1. The van der Waals surface area contributed by atoms with E-state index >= 15 is 0 Å². The largest absolute Gasteiger partial charge is 0.497 e. The van der Waals surface area contributed by atoms with Crippen LogP contribution in [-0.2, 0) is 9.53 Å². The highest BCUT2D eigenvalue weighted by Gasteiger charge is 2.39. The molecule has 0 saturated carbocycles. The molecule has 1 unspecified atom stereocenters. The average molecular weight is 356 g/mol. The van der Waals surface area contributed by atoms with Gasteiger partial charge in [-0.3, -0.25) is 4.99 Å². The van der Waals surface area contributed by atoms with Gasteiger partial charge in [0.1, 0.15) is 11.5 Å². The zero-order valence-corrected chi connectivity index (χ0v) is 16.0. The van der Waals surface area contributed by atoms with Crippen molar-refractivity contribution in [3.8, 4) is 17.6 Å². The van der Waals surface area contributed by atoms with E-state index in [1.165, 1.54) is 0 Å². The van der Waals surface area contributed by atoms with Crippen molar-refractivity contribution in [3.05, 3.63) is 35.0 Å². The summed E-state index contributed by atoms with van der Waals surface area (Å²) in [7, 11) is 3.12. The van der Waals surface area contributed by atoms with Gasteiger partial charge in [0.2, 0.25) is 0 Å². The highest BCUT2D eigenvalue weighted by atomic mass is 16.5. The summed E-state index contributed by atoms with van der Waals surface area (Å²) in [5.41, 5.74) is 2.33. The van der Waals surface area contributed by atoms with Crippen LogP contribution in [0.25, 0.3) is 0 Å². The van der Waals surface area contributed by atoms with E-state index in [2.05, 4.69) is 11.1 Å². The number of allylic oxidation sites excluding steroid dienone is 1. The Kier molecular flexibility index (Phi) is 6.04. The first-order valence-corrected chi connectivity index (χ1v) is 8.42. The smallest absolute Gasteiger partial charge is 0.336 e. The van der Waals surface area contributed by atoms with Crippen molar-refractivity contribution in [2.24, 2.45) is 10.9 Å². The van der Waals surface area contributed by atoms with Gasteiger partial charge in [-0.15, -0.1) is 0 Å². The standard InChI is InChI=1S/C20H24N2O4/c1-11(2)26-20(23)18-13(4)22-12(3)16(10-21)19(18)15-8-7-14(24-5)9-17(15)25-6/h7-9,11,16,19H,1-6H3/t16?,19-/m1/s1. The summed E-state index contributed by atoms with van der Waals surface area (Å²) in [6.45, 7) is 7.13. The molecule has 0 spiro atoms. The summed E-state index contributed by atoms with van der Waals surface area (Å²) in [5.74, 6) is -0.392. The summed E-state index contributed by atoms with van der Waals surface area (Å²) in [5, 5.41) is 9.75. The fraction of sp³-hybridized carbons (Fsp3) is 0.450. The number of methoxy groups -OCH3 is 2. The zero-order valence-electron chi connectivity index (χ0n) is 16.0. The lowest BCUT2D eigenvalue weighted by atomic mass is 9.76. The molecule has 0 bridgehead atoms. The van der Waals surface area contributed by atoms with Gasteiger partial charge in [0, 0.05) is 29.0 Å². The van der Waals surface area contributed by atoms with Crippen LogP contribution in [0, 0.1) is 17.2 Å². The Balaban J connectivity index is 2.66. The maximum Gasteiger partial charge on any atom is 0.336 e. The van der Waals surface area contributed by atoms with Gasteiger partial charge in [-0.05, 0) is 33.8 Å². The van der Waals surface area contributed by atoms with E-state index in [-0.39, 0.29) is 6.10 Å². The first-order valence-electron chi connectivity index (χ1n) is 8.42. The van der Waals surface area contributed by atoms with Crippen LogP contribution in [0.2, 0.25) is 0 Å². The predicted molar refractivity (Wildman–Crippen MR) is 98.4 cm³/mol. The second kappa shape index (κ2) is 8.05. The van der Waals surface area contributed by atoms with Gasteiger partial charge in [0.05, 0.1) is 37.9 Å². The fourth-order valence-electron chi connectivity index (χ4n) is 3.16. The molecule has 2 rings (SSSR count). The third-order valence-corrected chi connectivity index (χ3v) is 4.31. The molecule has 6 heteroatoms. The number of nitrogens with zero attached hydrogens (tertiary/aromatic N) is 2. The SMILES string of the molecule is COc1ccc([C@H]2C(C(=O)OC(C)C)=C(C)N=C(C)C2C#N)c(OC)c1. The molecule has 2 atom stereocenters. The summed E-state index contributed by atoms with van der Waals surface area (Å²) in [6.07, 6.45) is -0.270. The molecule has 0 aliphatic carbocycles. The molecule has 0 amide bonds. The Morgan fingerprint density at radius 3 is 2.46 bits per heavy atom. The summed E-state index contributed by atoms with van der Waals surface area (Å²) in [6, 6.07) is 7.63. The molecule has 6 nitrogen and oxygen atoms in total. The average Bonchev–Trinajstić information content (AvgIpc) is 2.59. The van der Waals surface area contributed by atoms with Crippen molar-refractivity contribution in [2.75, 3.05) is 14.2 Å². The first-order chi connectivity index (χ1) is 12.3. The van der Waals surface area contributed by atoms with Crippen molar-refractivity contribution < 1.29 is 19.0 Å². The second-order valence-electron chi connectivity index (χ2n) is 6.40. The van der Waals surface area contributed by atoms with Crippen molar-refractivity contribution in [3.63, 3.8) is 0 Å². The van der Waals surface area contributed by atoms with E-state index in [1.54, 1.807) is 54.0 Å². The van der Waals surface area contributed by atoms with Gasteiger partial charge in [-0.25, -0.2) is 4.79 Å². The molecule has 1 aliphatic heterocycles.